The van der Waals surface area contributed by atoms with Gasteiger partial charge in [-0.25, -0.2) is 18.4 Å². The van der Waals surface area contributed by atoms with E-state index in [4.69, 9.17) is 20.8 Å². The van der Waals surface area contributed by atoms with Crippen LogP contribution >= 0.6 is 11.6 Å². The average molecular weight is 532 g/mol. The van der Waals surface area contributed by atoms with Crippen LogP contribution in [-0.4, -0.2) is 64.9 Å². The van der Waals surface area contributed by atoms with Crippen molar-refractivity contribution in [2.24, 2.45) is 0 Å². The van der Waals surface area contributed by atoms with Crippen LogP contribution < -0.4 is 4.90 Å². The molecule has 3 rings (SSSR count). The second kappa shape index (κ2) is 10.7. The van der Waals surface area contributed by atoms with E-state index in [1.54, 1.807) is 0 Å². The maximum Gasteiger partial charge on any atom is 0.224 e. The Balaban J connectivity index is 1.73. The summed E-state index contributed by atoms with van der Waals surface area (Å²) >= 11 is 6.28. The first-order valence-electron chi connectivity index (χ1n) is 12.6. The number of ether oxygens (including phenoxy) is 1. The highest BCUT2D eigenvalue weighted by molar-refractivity contribution is 7.92. The summed E-state index contributed by atoms with van der Waals surface area (Å²) in [6, 6.07) is 1.96. The second-order valence-corrected chi connectivity index (χ2v) is 19.0. The molecule has 2 aliphatic rings. The van der Waals surface area contributed by atoms with Gasteiger partial charge in [-0.15, -0.1) is 0 Å². The molecule has 0 aromatic carbocycles. The molecule has 0 bridgehead atoms. The first-order chi connectivity index (χ1) is 15.9. The summed E-state index contributed by atoms with van der Waals surface area (Å²) < 4.78 is 38.2. The zero-order valence-electron chi connectivity index (χ0n) is 21.8. The van der Waals surface area contributed by atoms with Crippen LogP contribution in [0, 0.1) is 0 Å². The lowest BCUT2D eigenvalue weighted by atomic mass is 10.2. The van der Waals surface area contributed by atoms with Crippen LogP contribution in [0.2, 0.25) is 21.9 Å². The lowest BCUT2D eigenvalue weighted by Crippen LogP contribution is -2.48. The topological polar surface area (TPSA) is 81.6 Å². The normalized spacial score (nSPS) is 21.0. The first kappa shape index (κ1) is 27.8. The standard InChI is InChI=1S/C24H42ClN3O4SSi/c1-17(2)34(18(3)4,19(5)6)32-12-8-14-33(29,30)24(9-10-24)21-15-22(27-23(25)26-21)28-11-13-31-16-20(28)7/h15,17-20H,8-14,16H2,1-7H3/t20-/m0/s1. The first-order valence-corrected chi connectivity index (χ1v) is 16.8. The van der Waals surface area contributed by atoms with Crippen molar-refractivity contribution in [2.75, 3.05) is 37.0 Å². The molecule has 1 aromatic rings. The summed E-state index contributed by atoms with van der Waals surface area (Å²) in [5, 5.41) is 0.0950. The summed E-state index contributed by atoms with van der Waals surface area (Å²) in [5.74, 6) is 0.772. The molecule has 2 heterocycles. The van der Waals surface area contributed by atoms with Crippen molar-refractivity contribution in [3.8, 4) is 0 Å². The Morgan fingerprint density at radius 3 is 2.32 bits per heavy atom. The molecular formula is C24H42ClN3O4SSi. The lowest BCUT2D eigenvalue weighted by molar-refractivity contribution is 0.0985. The summed E-state index contributed by atoms with van der Waals surface area (Å²) in [7, 11) is -5.42. The van der Waals surface area contributed by atoms with Gasteiger partial charge < -0.3 is 14.1 Å². The molecule has 0 N–H and O–H groups in total. The molecule has 1 aromatic heterocycles. The van der Waals surface area contributed by atoms with Crippen molar-refractivity contribution in [2.45, 2.75) is 95.1 Å². The van der Waals surface area contributed by atoms with Crippen LogP contribution in [0.1, 0.15) is 73.4 Å². The predicted octanol–water partition coefficient (Wildman–Crippen LogP) is 5.34. The van der Waals surface area contributed by atoms with Crippen LogP contribution in [0.25, 0.3) is 0 Å². The molecule has 1 saturated carbocycles. The van der Waals surface area contributed by atoms with Gasteiger partial charge in [0.15, 0.2) is 18.2 Å². The van der Waals surface area contributed by atoms with E-state index in [1.807, 2.05) is 6.07 Å². The van der Waals surface area contributed by atoms with Gasteiger partial charge in [0, 0.05) is 19.2 Å². The summed E-state index contributed by atoms with van der Waals surface area (Å²) in [6.07, 6.45) is 1.64. The third kappa shape index (κ3) is 5.33. The summed E-state index contributed by atoms with van der Waals surface area (Å²) in [5.41, 5.74) is 1.95. The Kier molecular flexibility index (Phi) is 8.77. The van der Waals surface area contributed by atoms with Crippen LogP contribution in [0.15, 0.2) is 6.07 Å². The van der Waals surface area contributed by atoms with Crippen LogP contribution in [0.3, 0.4) is 0 Å². The van der Waals surface area contributed by atoms with Gasteiger partial charge >= 0.3 is 0 Å². The SMILES string of the molecule is CC(C)[Si](OCCCS(=O)(=O)C1(c2cc(N3CCOC[C@@H]3C)nc(Cl)n2)CC1)(C(C)C)C(C)C. The third-order valence-corrected chi connectivity index (χ3v) is 16.7. The Labute approximate surface area is 212 Å². The molecule has 34 heavy (non-hydrogen) atoms. The van der Waals surface area contributed by atoms with Gasteiger partial charge in [0.05, 0.1) is 30.7 Å². The van der Waals surface area contributed by atoms with Gasteiger partial charge in [-0.05, 0) is 54.4 Å². The molecule has 2 fully saturated rings. The van der Waals surface area contributed by atoms with Crippen molar-refractivity contribution >= 4 is 35.6 Å². The fraction of sp³-hybridized carbons (Fsp3) is 0.833. The van der Waals surface area contributed by atoms with E-state index in [-0.39, 0.29) is 17.1 Å². The lowest BCUT2D eigenvalue weighted by Gasteiger charge is -2.42. The van der Waals surface area contributed by atoms with Gasteiger partial charge in [-0.1, -0.05) is 41.5 Å². The predicted molar refractivity (Wildman–Crippen MR) is 141 cm³/mol. The van der Waals surface area contributed by atoms with E-state index in [1.165, 1.54) is 0 Å². The number of rotatable bonds is 11. The zero-order valence-corrected chi connectivity index (χ0v) is 24.4. The highest BCUT2D eigenvalue weighted by atomic mass is 35.5. The Hall–Kier alpha value is -0.743. The molecule has 1 aliphatic heterocycles. The fourth-order valence-corrected chi connectivity index (χ4v) is 13.6. The number of morpholine rings is 1. The van der Waals surface area contributed by atoms with E-state index < -0.39 is 22.9 Å². The van der Waals surface area contributed by atoms with Crippen molar-refractivity contribution < 1.29 is 17.6 Å². The maximum atomic E-state index is 13.5. The molecule has 7 nitrogen and oxygen atoms in total. The smallest absolute Gasteiger partial charge is 0.224 e. The largest absolute Gasteiger partial charge is 0.416 e. The molecule has 0 unspecified atom stereocenters. The average Bonchev–Trinajstić information content (AvgIpc) is 3.55. The number of hydrogen-bond donors (Lipinski definition) is 0. The molecular weight excluding hydrogens is 490 g/mol. The Morgan fingerprint density at radius 2 is 1.79 bits per heavy atom. The molecule has 0 radical (unpaired) electrons. The van der Waals surface area contributed by atoms with Crippen LogP contribution in [0.5, 0.6) is 0 Å². The fourth-order valence-electron chi connectivity index (χ4n) is 5.89. The van der Waals surface area contributed by atoms with Crippen molar-refractivity contribution in [1.82, 2.24) is 9.97 Å². The van der Waals surface area contributed by atoms with Gasteiger partial charge in [0.1, 0.15) is 10.6 Å². The molecule has 1 saturated heterocycles. The van der Waals surface area contributed by atoms with Crippen molar-refractivity contribution in [3.05, 3.63) is 17.0 Å². The number of aromatic nitrogens is 2. The van der Waals surface area contributed by atoms with E-state index in [9.17, 15) is 8.42 Å². The van der Waals surface area contributed by atoms with Gasteiger partial charge in [-0.3, -0.25) is 0 Å². The van der Waals surface area contributed by atoms with Gasteiger partial charge in [0.2, 0.25) is 5.28 Å². The quantitative estimate of drug-likeness (QED) is 0.216. The molecule has 1 aliphatic carbocycles. The maximum absolute atomic E-state index is 13.5. The number of nitrogens with zero attached hydrogens (tertiary/aromatic N) is 3. The summed E-state index contributed by atoms with van der Waals surface area (Å²) in [6.45, 7) is 17.9. The van der Waals surface area contributed by atoms with Crippen molar-refractivity contribution in [3.63, 3.8) is 0 Å². The zero-order chi connectivity index (χ0) is 25.3. The van der Waals surface area contributed by atoms with Gasteiger partial charge in [-0.2, -0.15) is 0 Å². The van der Waals surface area contributed by atoms with Crippen LogP contribution in [-0.2, 0) is 23.7 Å². The van der Waals surface area contributed by atoms with Crippen LogP contribution in [0.4, 0.5) is 5.82 Å². The highest BCUT2D eigenvalue weighted by Gasteiger charge is 2.57. The minimum Gasteiger partial charge on any atom is -0.416 e. The number of halogens is 1. The van der Waals surface area contributed by atoms with E-state index in [0.29, 0.717) is 73.8 Å². The van der Waals surface area contributed by atoms with Crippen molar-refractivity contribution in [1.29, 1.82) is 0 Å². The number of hydrogen-bond acceptors (Lipinski definition) is 7. The monoisotopic (exact) mass is 531 g/mol. The second-order valence-electron chi connectivity index (χ2n) is 10.8. The number of anilines is 1. The minimum atomic E-state index is -3.41. The molecule has 0 spiro atoms. The minimum absolute atomic E-state index is 0.0939. The van der Waals surface area contributed by atoms with E-state index in [0.717, 1.165) is 0 Å². The van der Waals surface area contributed by atoms with E-state index in [2.05, 4.69) is 63.3 Å². The summed E-state index contributed by atoms with van der Waals surface area (Å²) in [4.78, 5) is 10.9. The molecule has 194 valence electrons. The Morgan fingerprint density at radius 1 is 1.18 bits per heavy atom. The molecule has 0 amide bonds. The highest BCUT2D eigenvalue weighted by Crippen LogP contribution is 2.53. The Bertz CT molecular complexity index is 932. The van der Waals surface area contributed by atoms with E-state index >= 15 is 0 Å². The molecule has 10 heteroatoms. The molecule has 1 atom stereocenters. The van der Waals surface area contributed by atoms with Gasteiger partial charge in [0.25, 0.3) is 0 Å². The number of sulfone groups is 1. The third-order valence-electron chi connectivity index (χ3n) is 7.73.